The number of nitrogens with one attached hydrogen (secondary N) is 1. The van der Waals surface area contributed by atoms with Gasteiger partial charge in [0.15, 0.2) is 0 Å². The minimum Gasteiger partial charge on any atom is -0.480 e. The Kier molecular flexibility index (Phi) is 5.10. The summed E-state index contributed by atoms with van der Waals surface area (Å²) in [6.07, 6.45) is 0.979. The predicted octanol–water partition coefficient (Wildman–Crippen LogP) is 0.0766. The van der Waals surface area contributed by atoms with E-state index in [4.69, 9.17) is 9.84 Å². The molecule has 1 rings (SSSR count). The minimum atomic E-state index is -0.987. The van der Waals surface area contributed by atoms with Crippen LogP contribution >= 0.6 is 0 Å². The van der Waals surface area contributed by atoms with Crippen LogP contribution in [0.5, 0.6) is 0 Å². The van der Waals surface area contributed by atoms with E-state index in [1.54, 1.807) is 4.90 Å². The molecule has 2 N–H and O–H groups in total. The maximum absolute atomic E-state index is 11.8. The Hall–Kier alpha value is -1.14. The minimum absolute atomic E-state index is 0.0340. The van der Waals surface area contributed by atoms with Gasteiger partial charge in [0.05, 0.1) is 19.6 Å². The molecule has 0 radical (unpaired) electrons. The topological polar surface area (TPSA) is 78.9 Å². The number of carbonyl (C=O) groups excluding carboxylic acids is 1. The van der Waals surface area contributed by atoms with Crippen molar-refractivity contribution in [1.29, 1.82) is 0 Å². The van der Waals surface area contributed by atoms with Crippen LogP contribution < -0.4 is 5.32 Å². The molecule has 1 saturated heterocycles. The second kappa shape index (κ2) is 6.15. The lowest BCUT2D eigenvalue weighted by atomic mass is 9.96. The van der Waals surface area contributed by atoms with Crippen molar-refractivity contribution in [2.75, 3.05) is 26.2 Å². The molecule has 1 aliphatic heterocycles. The average Bonchev–Trinajstić information content (AvgIpc) is 2.29. The monoisotopic (exact) mass is 258 g/mol. The first kappa shape index (κ1) is 14.9. The van der Waals surface area contributed by atoms with E-state index in [9.17, 15) is 9.59 Å². The second-order valence-electron chi connectivity index (χ2n) is 5.07. The van der Waals surface area contributed by atoms with Gasteiger partial charge in [0.2, 0.25) is 5.91 Å². The van der Waals surface area contributed by atoms with Gasteiger partial charge in [-0.25, -0.2) is 4.79 Å². The smallest absolute Gasteiger partial charge is 0.329 e. The summed E-state index contributed by atoms with van der Waals surface area (Å²) in [4.78, 5) is 23.8. The van der Waals surface area contributed by atoms with Gasteiger partial charge in [-0.2, -0.15) is 0 Å². The molecule has 0 aromatic rings. The molecule has 1 fully saturated rings. The van der Waals surface area contributed by atoms with Gasteiger partial charge in [0, 0.05) is 6.04 Å². The highest BCUT2D eigenvalue weighted by Crippen LogP contribution is 2.24. The highest BCUT2D eigenvalue weighted by atomic mass is 16.5. The Labute approximate surface area is 107 Å². The fourth-order valence-corrected chi connectivity index (χ4v) is 1.78. The number of amides is 1. The Bertz CT molecular complexity index is 313. The van der Waals surface area contributed by atoms with Crippen molar-refractivity contribution in [3.63, 3.8) is 0 Å². The number of rotatable bonds is 7. The molecule has 0 aromatic carbocycles. The van der Waals surface area contributed by atoms with E-state index in [0.29, 0.717) is 25.7 Å². The first-order valence-electron chi connectivity index (χ1n) is 6.23. The number of carbonyl (C=O) groups is 2. The van der Waals surface area contributed by atoms with Gasteiger partial charge in [-0.3, -0.25) is 4.79 Å². The van der Waals surface area contributed by atoms with E-state index in [1.807, 2.05) is 13.8 Å². The van der Waals surface area contributed by atoms with Crippen LogP contribution in [-0.2, 0) is 14.3 Å². The van der Waals surface area contributed by atoms with Gasteiger partial charge < -0.3 is 20.1 Å². The maximum Gasteiger partial charge on any atom is 0.329 e. The molecule has 18 heavy (non-hydrogen) atoms. The second-order valence-corrected chi connectivity index (χ2v) is 5.07. The lowest BCUT2D eigenvalue weighted by Crippen LogP contribution is -2.64. The van der Waals surface area contributed by atoms with Crippen molar-refractivity contribution in [3.05, 3.63) is 0 Å². The summed E-state index contributed by atoms with van der Waals surface area (Å²) in [6, 6.07) is 0.324. The number of hydrogen-bond donors (Lipinski definition) is 2. The molecule has 1 aliphatic rings. The molecule has 0 bridgehead atoms. The summed E-state index contributed by atoms with van der Waals surface area (Å²) in [5.74, 6) is -0.953. The molecule has 1 amide bonds. The first-order valence-corrected chi connectivity index (χ1v) is 6.23. The number of nitrogens with zero attached hydrogens (tertiary/aromatic N) is 1. The Morgan fingerprint density at radius 3 is 2.61 bits per heavy atom. The highest BCUT2D eigenvalue weighted by molar-refractivity contribution is 5.79. The fourth-order valence-electron chi connectivity index (χ4n) is 1.78. The third-order valence-electron chi connectivity index (χ3n) is 3.16. The van der Waals surface area contributed by atoms with Crippen molar-refractivity contribution in [2.45, 2.75) is 38.8 Å². The van der Waals surface area contributed by atoms with Gasteiger partial charge in [-0.1, -0.05) is 6.92 Å². The number of carboxylic acid groups (broad SMARTS) is 1. The summed E-state index contributed by atoms with van der Waals surface area (Å²) < 4.78 is 5.24. The summed E-state index contributed by atoms with van der Waals surface area (Å²) in [5.41, 5.74) is -0.510. The number of ether oxygens (including phenoxy) is 1. The van der Waals surface area contributed by atoms with Crippen LogP contribution in [0, 0.1) is 0 Å². The first-order chi connectivity index (χ1) is 8.36. The van der Waals surface area contributed by atoms with Crippen molar-refractivity contribution >= 4 is 11.9 Å². The number of hydrogen-bond acceptors (Lipinski definition) is 4. The fraction of sp³-hybridized carbons (Fsp3) is 0.833. The van der Waals surface area contributed by atoms with E-state index in [2.05, 4.69) is 12.2 Å². The van der Waals surface area contributed by atoms with Crippen LogP contribution in [0.15, 0.2) is 0 Å². The zero-order valence-electron chi connectivity index (χ0n) is 11.2. The molecular weight excluding hydrogens is 236 g/mol. The molecule has 0 aromatic heterocycles. The predicted molar refractivity (Wildman–Crippen MR) is 66.3 cm³/mol. The van der Waals surface area contributed by atoms with Crippen LogP contribution in [0.2, 0.25) is 0 Å². The molecular formula is C12H22N2O4. The standard InChI is InChI=1S/C12H22N2O4/c1-4-9(2)13-5-10(15)14-7-12(3,8-14)18-6-11(16)17/h9,13H,4-8H2,1-3H3,(H,16,17). The van der Waals surface area contributed by atoms with Gasteiger partial charge in [0.25, 0.3) is 0 Å². The van der Waals surface area contributed by atoms with Crippen LogP contribution in [0.4, 0.5) is 0 Å². The molecule has 0 spiro atoms. The SMILES string of the molecule is CCC(C)NCC(=O)N1CC(C)(OCC(=O)O)C1. The third-order valence-corrected chi connectivity index (χ3v) is 3.16. The largest absolute Gasteiger partial charge is 0.480 e. The number of aliphatic carboxylic acids is 1. The third kappa shape index (κ3) is 4.27. The van der Waals surface area contributed by atoms with Gasteiger partial charge >= 0.3 is 5.97 Å². The van der Waals surface area contributed by atoms with Crippen LogP contribution in [-0.4, -0.2) is 59.8 Å². The van der Waals surface area contributed by atoms with Crippen LogP contribution in [0.3, 0.4) is 0 Å². The Morgan fingerprint density at radius 1 is 1.50 bits per heavy atom. The van der Waals surface area contributed by atoms with E-state index < -0.39 is 11.6 Å². The molecule has 1 heterocycles. The lowest BCUT2D eigenvalue weighted by Gasteiger charge is -2.47. The summed E-state index contributed by atoms with van der Waals surface area (Å²) >= 11 is 0. The van der Waals surface area contributed by atoms with Crippen molar-refractivity contribution in [1.82, 2.24) is 10.2 Å². The maximum atomic E-state index is 11.8. The molecule has 104 valence electrons. The van der Waals surface area contributed by atoms with Crippen molar-refractivity contribution in [2.24, 2.45) is 0 Å². The normalized spacial score (nSPS) is 19.2. The lowest BCUT2D eigenvalue weighted by molar-refractivity contribution is -0.172. The van der Waals surface area contributed by atoms with Gasteiger partial charge in [-0.15, -0.1) is 0 Å². The molecule has 0 saturated carbocycles. The summed E-state index contributed by atoms with van der Waals surface area (Å²) in [6.45, 7) is 6.84. The number of carboxylic acids is 1. The summed E-state index contributed by atoms with van der Waals surface area (Å²) in [5, 5.41) is 11.7. The molecule has 6 heteroatoms. The van der Waals surface area contributed by atoms with Crippen molar-refractivity contribution in [3.8, 4) is 0 Å². The molecule has 1 atom stereocenters. The zero-order valence-corrected chi connectivity index (χ0v) is 11.2. The Morgan fingerprint density at radius 2 is 2.11 bits per heavy atom. The van der Waals surface area contributed by atoms with Crippen LogP contribution in [0.25, 0.3) is 0 Å². The van der Waals surface area contributed by atoms with Crippen molar-refractivity contribution < 1.29 is 19.4 Å². The van der Waals surface area contributed by atoms with E-state index >= 15 is 0 Å². The van der Waals surface area contributed by atoms with Gasteiger partial charge in [-0.05, 0) is 20.3 Å². The van der Waals surface area contributed by atoms with E-state index in [-0.39, 0.29) is 12.5 Å². The Balaban J connectivity index is 2.24. The van der Waals surface area contributed by atoms with Gasteiger partial charge in [0.1, 0.15) is 12.2 Å². The number of likely N-dealkylation sites (tertiary alicyclic amines) is 1. The van der Waals surface area contributed by atoms with E-state index in [1.165, 1.54) is 0 Å². The summed E-state index contributed by atoms with van der Waals surface area (Å²) in [7, 11) is 0. The molecule has 6 nitrogen and oxygen atoms in total. The molecule has 0 aliphatic carbocycles. The molecule has 1 unspecified atom stereocenters. The van der Waals surface area contributed by atoms with Crippen LogP contribution in [0.1, 0.15) is 27.2 Å². The zero-order chi connectivity index (χ0) is 13.8. The van der Waals surface area contributed by atoms with E-state index in [0.717, 1.165) is 6.42 Å². The highest BCUT2D eigenvalue weighted by Gasteiger charge is 2.42. The quantitative estimate of drug-likeness (QED) is 0.676. The average molecular weight is 258 g/mol.